The van der Waals surface area contributed by atoms with Crippen molar-refractivity contribution < 1.29 is 17.6 Å². The summed E-state index contributed by atoms with van der Waals surface area (Å²) in [5.41, 5.74) is 1.33. The van der Waals surface area contributed by atoms with E-state index in [0.29, 0.717) is 20.7 Å². The van der Waals surface area contributed by atoms with Crippen molar-refractivity contribution in [2.75, 3.05) is 15.9 Å². The number of halogens is 3. The van der Waals surface area contributed by atoms with Gasteiger partial charge in [-0.3, -0.25) is 9.10 Å². The second-order valence-corrected chi connectivity index (χ2v) is 9.72. The SMILES string of the molecule is CS(=O)(=O)N(Cc1ccccc1Cl)c1ccc(C(=O)Nc2ccc(Br)cc2F)cc1. The first-order valence-electron chi connectivity index (χ1n) is 8.73. The molecule has 0 radical (unpaired) electrons. The molecule has 0 bridgehead atoms. The fourth-order valence-electron chi connectivity index (χ4n) is 2.75. The molecule has 0 aliphatic carbocycles. The molecule has 0 atom stereocenters. The summed E-state index contributed by atoms with van der Waals surface area (Å²) in [6.45, 7) is 0.0498. The third-order valence-electron chi connectivity index (χ3n) is 4.27. The zero-order valence-corrected chi connectivity index (χ0v) is 18.9. The summed E-state index contributed by atoms with van der Waals surface area (Å²) in [6.07, 6.45) is 1.10. The van der Waals surface area contributed by atoms with Gasteiger partial charge < -0.3 is 5.32 Å². The van der Waals surface area contributed by atoms with Crippen LogP contribution in [0.5, 0.6) is 0 Å². The van der Waals surface area contributed by atoms with Gasteiger partial charge in [0.05, 0.1) is 24.2 Å². The Kier molecular flexibility index (Phi) is 6.80. The van der Waals surface area contributed by atoms with Crippen molar-refractivity contribution in [2.45, 2.75) is 6.54 Å². The van der Waals surface area contributed by atoms with Gasteiger partial charge in [-0.2, -0.15) is 0 Å². The third-order valence-corrected chi connectivity index (χ3v) is 6.27. The number of rotatable bonds is 6. The van der Waals surface area contributed by atoms with Gasteiger partial charge in [-0.1, -0.05) is 45.7 Å². The van der Waals surface area contributed by atoms with Gasteiger partial charge in [-0.25, -0.2) is 12.8 Å². The zero-order chi connectivity index (χ0) is 21.9. The van der Waals surface area contributed by atoms with Gasteiger partial charge >= 0.3 is 0 Å². The van der Waals surface area contributed by atoms with Crippen molar-refractivity contribution >= 4 is 54.8 Å². The largest absolute Gasteiger partial charge is 0.319 e. The van der Waals surface area contributed by atoms with Crippen LogP contribution in [0.4, 0.5) is 15.8 Å². The van der Waals surface area contributed by atoms with Crippen molar-refractivity contribution in [3.8, 4) is 0 Å². The highest BCUT2D eigenvalue weighted by Crippen LogP contribution is 2.25. The van der Waals surface area contributed by atoms with Crippen LogP contribution in [0.1, 0.15) is 15.9 Å². The molecule has 0 spiro atoms. The van der Waals surface area contributed by atoms with E-state index in [9.17, 15) is 17.6 Å². The molecule has 1 amide bonds. The Morgan fingerprint density at radius 2 is 1.77 bits per heavy atom. The molecular formula is C21H17BrClFN2O3S. The van der Waals surface area contributed by atoms with E-state index >= 15 is 0 Å². The minimum atomic E-state index is -3.60. The summed E-state index contributed by atoms with van der Waals surface area (Å²) in [5, 5.41) is 2.95. The van der Waals surface area contributed by atoms with Crippen LogP contribution in [-0.2, 0) is 16.6 Å². The van der Waals surface area contributed by atoms with Crippen LogP contribution in [0.25, 0.3) is 0 Å². The maximum atomic E-state index is 13.9. The number of nitrogens with one attached hydrogen (secondary N) is 1. The monoisotopic (exact) mass is 510 g/mol. The molecule has 156 valence electrons. The van der Waals surface area contributed by atoms with Gasteiger partial charge in [0.2, 0.25) is 10.0 Å². The Labute approximate surface area is 187 Å². The predicted molar refractivity (Wildman–Crippen MR) is 121 cm³/mol. The summed E-state index contributed by atoms with van der Waals surface area (Å²) in [4.78, 5) is 12.4. The molecule has 0 aliphatic heterocycles. The molecule has 5 nitrogen and oxygen atoms in total. The summed E-state index contributed by atoms with van der Waals surface area (Å²) >= 11 is 9.32. The molecule has 3 rings (SSSR count). The predicted octanol–water partition coefficient (Wildman–Crippen LogP) is 5.46. The summed E-state index contributed by atoms with van der Waals surface area (Å²) in [6, 6.07) is 17.3. The molecular weight excluding hydrogens is 495 g/mol. The second kappa shape index (κ2) is 9.16. The number of anilines is 2. The lowest BCUT2D eigenvalue weighted by Crippen LogP contribution is -2.29. The minimum absolute atomic E-state index is 0.0451. The van der Waals surface area contributed by atoms with E-state index < -0.39 is 21.7 Å². The number of carbonyl (C=O) groups excluding carboxylic acids is 1. The number of hydrogen-bond acceptors (Lipinski definition) is 3. The van der Waals surface area contributed by atoms with Crippen LogP contribution >= 0.6 is 27.5 Å². The van der Waals surface area contributed by atoms with E-state index in [4.69, 9.17) is 11.6 Å². The Morgan fingerprint density at radius 1 is 1.10 bits per heavy atom. The van der Waals surface area contributed by atoms with E-state index in [0.717, 1.165) is 6.26 Å². The van der Waals surface area contributed by atoms with Crippen molar-refractivity contribution in [1.82, 2.24) is 0 Å². The third kappa shape index (κ3) is 5.38. The van der Waals surface area contributed by atoms with Crippen molar-refractivity contribution in [2.24, 2.45) is 0 Å². The normalized spacial score (nSPS) is 11.2. The van der Waals surface area contributed by atoms with Gasteiger partial charge in [-0.15, -0.1) is 0 Å². The Hall–Kier alpha value is -2.42. The molecule has 0 aromatic heterocycles. The Morgan fingerprint density at radius 3 is 2.37 bits per heavy atom. The van der Waals surface area contributed by atoms with Crippen LogP contribution < -0.4 is 9.62 Å². The lowest BCUT2D eigenvalue weighted by Gasteiger charge is -2.23. The molecule has 0 heterocycles. The van der Waals surface area contributed by atoms with Gasteiger partial charge in [0, 0.05) is 15.1 Å². The molecule has 0 saturated heterocycles. The van der Waals surface area contributed by atoms with Gasteiger partial charge in [0.25, 0.3) is 5.91 Å². The zero-order valence-electron chi connectivity index (χ0n) is 15.8. The van der Waals surface area contributed by atoms with Crippen LogP contribution in [0.3, 0.4) is 0 Å². The maximum absolute atomic E-state index is 13.9. The van der Waals surface area contributed by atoms with E-state index in [1.54, 1.807) is 30.3 Å². The molecule has 0 fully saturated rings. The Bertz CT molecular complexity index is 1190. The van der Waals surface area contributed by atoms with Crippen LogP contribution in [-0.4, -0.2) is 20.6 Å². The van der Waals surface area contributed by atoms with Gasteiger partial charge in [0.15, 0.2) is 0 Å². The quantitative estimate of drug-likeness (QED) is 0.478. The summed E-state index contributed by atoms with van der Waals surface area (Å²) in [7, 11) is -3.60. The van der Waals surface area contributed by atoms with E-state index in [2.05, 4.69) is 21.2 Å². The molecule has 1 N–H and O–H groups in total. The van der Waals surface area contributed by atoms with Crippen LogP contribution in [0.2, 0.25) is 5.02 Å². The molecule has 30 heavy (non-hydrogen) atoms. The molecule has 3 aromatic rings. The Balaban J connectivity index is 1.83. The number of nitrogens with zero attached hydrogens (tertiary/aromatic N) is 1. The van der Waals surface area contributed by atoms with Crippen LogP contribution in [0, 0.1) is 5.82 Å². The van der Waals surface area contributed by atoms with E-state index in [1.807, 2.05) is 0 Å². The van der Waals surface area contributed by atoms with E-state index in [1.165, 1.54) is 40.7 Å². The first-order valence-corrected chi connectivity index (χ1v) is 11.7. The van der Waals surface area contributed by atoms with E-state index in [-0.39, 0.29) is 17.8 Å². The number of hydrogen-bond donors (Lipinski definition) is 1. The fourth-order valence-corrected chi connectivity index (χ4v) is 4.15. The minimum Gasteiger partial charge on any atom is -0.319 e. The van der Waals surface area contributed by atoms with Gasteiger partial charge in [0.1, 0.15) is 5.82 Å². The first kappa shape index (κ1) is 22.3. The van der Waals surface area contributed by atoms with Crippen molar-refractivity contribution in [3.63, 3.8) is 0 Å². The molecule has 0 unspecified atom stereocenters. The lowest BCUT2D eigenvalue weighted by molar-refractivity contribution is 0.102. The average Bonchev–Trinajstić information content (AvgIpc) is 2.68. The highest BCUT2D eigenvalue weighted by molar-refractivity contribution is 9.10. The fraction of sp³-hybridized carbons (Fsp3) is 0.0952. The first-order chi connectivity index (χ1) is 14.1. The summed E-state index contributed by atoms with van der Waals surface area (Å²) in [5.74, 6) is -1.09. The molecule has 0 aliphatic rings. The number of benzene rings is 3. The molecule has 3 aromatic carbocycles. The smallest absolute Gasteiger partial charge is 0.255 e. The molecule has 9 heteroatoms. The van der Waals surface area contributed by atoms with Gasteiger partial charge in [-0.05, 0) is 54.1 Å². The standard InChI is InChI=1S/C21H17BrClFN2O3S/c1-30(28,29)26(13-15-4-2-3-5-18(15)23)17-9-6-14(7-10-17)21(27)25-20-11-8-16(22)12-19(20)24/h2-12H,13H2,1H3,(H,25,27). The lowest BCUT2D eigenvalue weighted by atomic mass is 10.1. The average molecular weight is 512 g/mol. The molecule has 0 saturated carbocycles. The summed E-state index contributed by atoms with van der Waals surface area (Å²) < 4.78 is 40.4. The highest BCUT2D eigenvalue weighted by atomic mass is 79.9. The maximum Gasteiger partial charge on any atom is 0.255 e. The van der Waals surface area contributed by atoms with Crippen molar-refractivity contribution in [1.29, 1.82) is 0 Å². The van der Waals surface area contributed by atoms with Crippen molar-refractivity contribution in [3.05, 3.63) is 93.2 Å². The van der Waals surface area contributed by atoms with Crippen LogP contribution in [0.15, 0.2) is 71.2 Å². The highest BCUT2D eigenvalue weighted by Gasteiger charge is 2.19. The second-order valence-electron chi connectivity index (χ2n) is 6.49. The number of carbonyl (C=O) groups is 1. The number of amides is 1. The number of sulfonamides is 1. The topological polar surface area (TPSA) is 66.5 Å².